The van der Waals surface area contributed by atoms with Gasteiger partial charge in [0.05, 0.1) is 19.8 Å². The summed E-state index contributed by atoms with van der Waals surface area (Å²) < 4.78 is 16.4. The summed E-state index contributed by atoms with van der Waals surface area (Å²) in [6, 6.07) is 8.00. The first-order valence-electron chi connectivity index (χ1n) is 8.48. The number of hydrogen-bond donors (Lipinski definition) is 2. The summed E-state index contributed by atoms with van der Waals surface area (Å²) in [6.07, 6.45) is 4.03. The number of ether oxygens (including phenoxy) is 3. The van der Waals surface area contributed by atoms with Gasteiger partial charge in [-0.1, -0.05) is 12.1 Å². The van der Waals surface area contributed by atoms with E-state index in [1.165, 1.54) is 0 Å². The standard InChI is InChI=1S/C18H31NO4.ClH/c1-16(19)17-7-5-8-18(15-17)23-13-4-2-3-10-21-11-6-12-22-14-9-20;/h5,7-8,15-16,20H,2-4,6,9-14,19H2,1H3;1H/t16-;/m1./s1. The van der Waals surface area contributed by atoms with Gasteiger partial charge in [0.2, 0.25) is 0 Å². The number of benzene rings is 1. The van der Waals surface area contributed by atoms with E-state index in [0.717, 1.165) is 50.2 Å². The molecule has 24 heavy (non-hydrogen) atoms. The first kappa shape index (κ1) is 23.1. The molecule has 0 bridgehead atoms. The number of halogens is 1. The summed E-state index contributed by atoms with van der Waals surface area (Å²) in [5, 5.41) is 8.55. The van der Waals surface area contributed by atoms with Crippen molar-refractivity contribution in [1.82, 2.24) is 0 Å². The van der Waals surface area contributed by atoms with Crippen molar-refractivity contribution in [2.24, 2.45) is 5.73 Å². The van der Waals surface area contributed by atoms with Crippen molar-refractivity contribution < 1.29 is 19.3 Å². The Balaban J connectivity index is 0.00000529. The van der Waals surface area contributed by atoms with Crippen LogP contribution in [-0.2, 0) is 9.47 Å². The van der Waals surface area contributed by atoms with E-state index < -0.39 is 0 Å². The van der Waals surface area contributed by atoms with Crippen molar-refractivity contribution in [3.63, 3.8) is 0 Å². The van der Waals surface area contributed by atoms with Crippen LogP contribution in [0.25, 0.3) is 0 Å². The quantitative estimate of drug-likeness (QED) is 0.498. The summed E-state index contributed by atoms with van der Waals surface area (Å²) >= 11 is 0. The fourth-order valence-electron chi connectivity index (χ4n) is 2.09. The molecule has 6 heteroatoms. The summed E-state index contributed by atoms with van der Waals surface area (Å²) in [4.78, 5) is 0. The minimum Gasteiger partial charge on any atom is -0.494 e. The highest BCUT2D eigenvalue weighted by Crippen LogP contribution is 2.17. The monoisotopic (exact) mass is 361 g/mol. The van der Waals surface area contributed by atoms with Gasteiger partial charge in [0.1, 0.15) is 5.75 Å². The molecule has 3 N–H and O–H groups in total. The molecule has 1 aromatic carbocycles. The molecule has 0 fully saturated rings. The minimum atomic E-state index is 0. The van der Waals surface area contributed by atoms with Crippen molar-refractivity contribution in [2.75, 3.05) is 39.6 Å². The van der Waals surface area contributed by atoms with Crippen molar-refractivity contribution in [1.29, 1.82) is 0 Å². The van der Waals surface area contributed by atoms with Gasteiger partial charge in [-0.3, -0.25) is 0 Å². The number of rotatable bonds is 14. The first-order valence-corrected chi connectivity index (χ1v) is 8.48. The highest BCUT2D eigenvalue weighted by molar-refractivity contribution is 5.85. The van der Waals surface area contributed by atoms with E-state index in [1.54, 1.807) is 0 Å². The normalized spacial score (nSPS) is 11.8. The predicted octanol–water partition coefficient (Wildman–Crippen LogP) is 3.09. The van der Waals surface area contributed by atoms with E-state index in [-0.39, 0.29) is 25.1 Å². The second-order valence-electron chi connectivity index (χ2n) is 5.57. The number of aliphatic hydroxyl groups is 1. The van der Waals surface area contributed by atoms with Crippen LogP contribution in [0.4, 0.5) is 0 Å². The highest BCUT2D eigenvalue weighted by Gasteiger charge is 2.01. The summed E-state index contributed by atoms with van der Waals surface area (Å²) in [5.74, 6) is 0.888. The molecule has 0 aliphatic heterocycles. The summed E-state index contributed by atoms with van der Waals surface area (Å²) in [5.41, 5.74) is 6.96. The number of aliphatic hydroxyl groups excluding tert-OH is 1. The topological polar surface area (TPSA) is 73.9 Å². The first-order chi connectivity index (χ1) is 11.2. The second kappa shape index (κ2) is 15.7. The van der Waals surface area contributed by atoms with E-state index in [2.05, 4.69) is 0 Å². The van der Waals surface area contributed by atoms with Crippen LogP contribution in [0.1, 0.15) is 44.2 Å². The molecule has 0 spiro atoms. The number of nitrogens with two attached hydrogens (primary N) is 1. The third-order valence-electron chi connectivity index (χ3n) is 3.40. The molecule has 0 amide bonds. The van der Waals surface area contributed by atoms with Crippen LogP contribution in [0.5, 0.6) is 5.75 Å². The predicted molar refractivity (Wildman–Crippen MR) is 99.0 cm³/mol. The largest absolute Gasteiger partial charge is 0.494 e. The fourth-order valence-corrected chi connectivity index (χ4v) is 2.09. The molecular formula is C18H32ClNO4. The van der Waals surface area contributed by atoms with E-state index >= 15 is 0 Å². The van der Waals surface area contributed by atoms with Gasteiger partial charge in [-0.05, 0) is 50.3 Å². The van der Waals surface area contributed by atoms with Crippen LogP contribution in [0.2, 0.25) is 0 Å². The zero-order chi connectivity index (χ0) is 16.8. The van der Waals surface area contributed by atoms with Crippen LogP contribution >= 0.6 is 12.4 Å². The van der Waals surface area contributed by atoms with Crippen LogP contribution < -0.4 is 10.5 Å². The maximum absolute atomic E-state index is 8.55. The highest BCUT2D eigenvalue weighted by atomic mass is 35.5. The molecule has 1 aromatic rings. The Bertz CT molecular complexity index is 404. The average molecular weight is 362 g/mol. The number of unbranched alkanes of at least 4 members (excludes halogenated alkanes) is 2. The second-order valence-corrected chi connectivity index (χ2v) is 5.57. The number of hydrogen-bond acceptors (Lipinski definition) is 5. The fraction of sp³-hybridized carbons (Fsp3) is 0.667. The Hall–Kier alpha value is -0.850. The molecular weight excluding hydrogens is 330 g/mol. The molecule has 5 nitrogen and oxygen atoms in total. The molecule has 0 aromatic heterocycles. The Morgan fingerprint density at radius 3 is 2.33 bits per heavy atom. The lowest BCUT2D eigenvalue weighted by Crippen LogP contribution is -2.06. The van der Waals surface area contributed by atoms with Gasteiger partial charge >= 0.3 is 0 Å². The molecule has 0 unspecified atom stereocenters. The average Bonchev–Trinajstić information content (AvgIpc) is 2.56. The zero-order valence-corrected chi connectivity index (χ0v) is 15.4. The van der Waals surface area contributed by atoms with Gasteiger partial charge < -0.3 is 25.1 Å². The van der Waals surface area contributed by atoms with Crippen LogP contribution in [-0.4, -0.2) is 44.7 Å². The molecule has 0 heterocycles. The van der Waals surface area contributed by atoms with Gasteiger partial charge in [-0.2, -0.15) is 0 Å². The maximum atomic E-state index is 8.55. The van der Waals surface area contributed by atoms with Crippen molar-refractivity contribution in [3.05, 3.63) is 29.8 Å². The van der Waals surface area contributed by atoms with Gasteiger partial charge in [-0.25, -0.2) is 0 Å². The minimum absolute atomic E-state index is 0. The molecule has 0 saturated carbocycles. The molecule has 140 valence electrons. The maximum Gasteiger partial charge on any atom is 0.119 e. The SMILES string of the molecule is C[C@@H](N)c1cccc(OCCCCCOCCCOCCO)c1.Cl. The van der Waals surface area contributed by atoms with Crippen molar-refractivity contribution in [2.45, 2.75) is 38.6 Å². The van der Waals surface area contributed by atoms with E-state index in [0.29, 0.717) is 19.8 Å². The van der Waals surface area contributed by atoms with Crippen LogP contribution in [0.15, 0.2) is 24.3 Å². The van der Waals surface area contributed by atoms with Crippen LogP contribution in [0.3, 0.4) is 0 Å². The molecule has 0 radical (unpaired) electrons. The van der Waals surface area contributed by atoms with Gasteiger partial charge in [0.25, 0.3) is 0 Å². The molecule has 1 atom stereocenters. The molecule has 1 rings (SSSR count). The van der Waals surface area contributed by atoms with Crippen LogP contribution in [0, 0.1) is 0 Å². The lowest BCUT2D eigenvalue weighted by molar-refractivity contribution is 0.0628. The smallest absolute Gasteiger partial charge is 0.119 e. The third-order valence-corrected chi connectivity index (χ3v) is 3.40. The third kappa shape index (κ3) is 11.6. The Labute approximate surface area is 151 Å². The van der Waals surface area contributed by atoms with Gasteiger partial charge in [0.15, 0.2) is 0 Å². The van der Waals surface area contributed by atoms with Gasteiger partial charge in [0, 0.05) is 25.9 Å². The van der Waals surface area contributed by atoms with E-state index in [4.69, 9.17) is 25.1 Å². The lowest BCUT2D eigenvalue weighted by Gasteiger charge is -2.10. The van der Waals surface area contributed by atoms with E-state index in [9.17, 15) is 0 Å². The van der Waals surface area contributed by atoms with Gasteiger partial charge in [-0.15, -0.1) is 12.4 Å². The Morgan fingerprint density at radius 1 is 0.958 bits per heavy atom. The lowest BCUT2D eigenvalue weighted by atomic mass is 10.1. The molecule has 0 aliphatic carbocycles. The Morgan fingerprint density at radius 2 is 1.62 bits per heavy atom. The van der Waals surface area contributed by atoms with Crippen molar-refractivity contribution in [3.8, 4) is 5.75 Å². The summed E-state index contributed by atoms with van der Waals surface area (Å²) in [7, 11) is 0. The van der Waals surface area contributed by atoms with Crippen molar-refractivity contribution >= 4 is 12.4 Å². The van der Waals surface area contributed by atoms with E-state index in [1.807, 2.05) is 31.2 Å². The molecule has 0 saturated heterocycles. The zero-order valence-electron chi connectivity index (χ0n) is 14.6. The Kier molecular flexibility index (Phi) is 15.1. The summed E-state index contributed by atoms with van der Waals surface area (Å²) in [6.45, 7) is 5.32. The molecule has 0 aliphatic rings.